The van der Waals surface area contributed by atoms with Crippen molar-refractivity contribution >= 4 is 23.6 Å². The molecule has 31 heavy (non-hydrogen) atoms. The largest absolute Gasteiger partial charge is 0.490 e. The molecule has 0 bridgehead atoms. The quantitative estimate of drug-likeness (QED) is 0.309. The maximum atomic E-state index is 12.1. The van der Waals surface area contributed by atoms with Crippen molar-refractivity contribution in [2.75, 3.05) is 25.1 Å². The molecule has 166 valence electrons. The first-order valence-corrected chi connectivity index (χ1v) is 10.5. The minimum absolute atomic E-state index is 0.356. The van der Waals surface area contributed by atoms with Gasteiger partial charge in [0.2, 0.25) is 0 Å². The number of esters is 1. The molecule has 0 radical (unpaired) electrons. The molecule has 0 aliphatic heterocycles. The third kappa shape index (κ3) is 7.81. The molecule has 6 heteroatoms. The SMILES string of the molecule is CCCCOc1ccc(/C=C/C(=O)OCC(=O)Nc2c(C)cccc2C)cc1OCC. The Morgan fingerprint density at radius 1 is 1.00 bits per heavy atom. The van der Waals surface area contributed by atoms with E-state index in [2.05, 4.69) is 12.2 Å². The summed E-state index contributed by atoms with van der Waals surface area (Å²) in [5, 5.41) is 2.79. The van der Waals surface area contributed by atoms with Crippen molar-refractivity contribution in [2.45, 2.75) is 40.5 Å². The Morgan fingerprint density at radius 2 is 1.74 bits per heavy atom. The van der Waals surface area contributed by atoms with E-state index in [1.54, 1.807) is 6.08 Å². The Morgan fingerprint density at radius 3 is 2.42 bits per heavy atom. The Bertz CT molecular complexity index is 900. The van der Waals surface area contributed by atoms with Crippen LogP contribution in [0.3, 0.4) is 0 Å². The zero-order valence-corrected chi connectivity index (χ0v) is 18.7. The van der Waals surface area contributed by atoms with Crippen molar-refractivity contribution in [3.8, 4) is 11.5 Å². The van der Waals surface area contributed by atoms with Crippen LogP contribution in [0, 0.1) is 13.8 Å². The molecule has 2 aromatic rings. The molecule has 6 nitrogen and oxygen atoms in total. The maximum absolute atomic E-state index is 12.1. The maximum Gasteiger partial charge on any atom is 0.331 e. The summed E-state index contributed by atoms with van der Waals surface area (Å²) in [6.07, 6.45) is 4.92. The highest BCUT2D eigenvalue weighted by molar-refractivity contribution is 5.95. The molecule has 0 saturated heterocycles. The molecule has 2 rings (SSSR count). The number of nitrogens with one attached hydrogen (secondary N) is 1. The first kappa shape index (κ1) is 24.0. The van der Waals surface area contributed by atoms with Crippen molar-refractivity contribution in [3.05, 3.63) is 59.2 Å². The number of carbonyl (C=O) groups is 2. The number of para-hydroxylation sites is 1. The van der Waals surface area contributed by atoms with Crippen molar-refractivity contribution in [3.63, 3.8) is 0 Å². The van der Waals surface area contributed by atoms with Crippen molar-refractivity contribution in [2.24, 2.45) is 0 Å². The van der Waals surface area contributed by atoms with E-state index in [4.69, 9.17) is 14.2 Å². The van der Waals surface area contributed by atoms with Crippen LogP contribution < -0.4 is 14.8 Å². The van der Waals surface area contributed by atoms with Crippen molar-refractivity contribution < 1.29 is 23.8 Å². The van der Waals surface area contributed by atoms with E-state index >= 15 is 0 Å². The molecule has 0 saturated carbocycles. The number of hydrogen-bond donors (Lipinski definition) is 1. The van der Waals surface area contributed by atoms with E-state index in [0.717, 1.165) is 35.2 Å². The number of hydrogen-bond acceptors (Lipinski definition) is 5. The average molecular weight is 426 g/mol. The number of aryl methyl sites for hydroxylation is 2. The number of benzene rings is 2. The molecular weight excluding hydrogens is 394 g/mol. The Balaban J connectivity index is 1.91. The standard InChI is InChI=1S/C25H31NO5/c1-5-7-15-30-21-13-11-20(16-22(21)29-6-2)12-14-24(28)31-17-23(27)26-25-18(3)9-8-10-19(25)4/h8-14,16H,5-7,15,17H2,1-4H3,(H,26,27)/b14-12+. The van der Waals surface area contributed by atoms with Gasteiger partial charge in [-0.2, -0.15) is 0 Å². The molecular formula is C25H31NO5. The molecule has 2 aromatic carbocycles. The molecule has 0 unspecified atom stereocenters. The topological polar surface area (TPSA) is 73.9 Å². The fourth-order valence-electron chi connectivity index (χ4n) is 2.88. The van der Waals surface area contributed by atoms with Gasteiger partial charge in [0.25, 0.3) is 5.91 Å². The Kier molecular flexibility index (Phi) is 9.62. The van der Waals surface area contributed by atoms with Crippen molar-refractivity contribution in [1.82, 2.24) is 0 Å². The van der Waals surface area contributed by atoms with Gasteiger partial charge in [0.15, 0.2) is 18.1 Å². The number of unbranched alkanes of at least 4 members (excludes halogenated alkanes) is 1. The lowest BCUT2D eigenvalue weighted by Crippen LogP contribution is -2.21. The molecule has 0 aliphatic carbocycles. The third-order valence-corrected chi connectivity index (χ3v) is 4.53. The highest BCUT2D eigenvalue weighted by Gasteiger charge is 2.10. The predicted molar refractivity (Wildman–Crippen MR) is 123 cm³/mol. The molecule has 1 amide bonds. The Labute approximate surface area is 184 Å². The number of rotatable bonds is 11. The van der Waals surface area contributed by atoms with Gasteiger partial charge >= 0.3 is 5.97 Å². The average Bonchev–Trinajstić information content (AvgIpc) is 2.75. The van der Waals surface area contributed by atoms with Crippen molar-refractivity contribution in [1.29, 1.82) is 0 Å². The molecule has 1 N–H and O–H groups in total. The summed E-state index contributed by atoms with van der Waals surface area (Å²) in [5.74, 6) is 0.324. The Hall–Kier alpha value is -3.28. The molecule has 0 heterocycles. The lowest BCUT2D eigenvalue weighted by Gasteiger charge is -2.12. The molecule has 0 spiro atoms. The first-order valence-electron chi connectivity index (χ1n) is 10.5. The highest BCUT2D eigenvalue weighted by atomic mass is 16.5. The van der Waals surface area contributed by atoms with E-state index in [1.807, 2.05) is 57.2 Å². The van der Waals surface area contributed by atoms with Gasteiger partial charge in [-0.15, -0.1) is 0 Å². The molecule has 0 fully saturated rings. The summed E-state index contributed by atoms with van der Waals surface area (Å²) < 4.78 is 16.4. The van der Waals surface area contributed by atoms with Gasteiger partial charge in [0, 0.05) is 11.8 Å². The lowest BCUT2D eigenvalue weighted by atomic mass is 10.1. The minimum Gasteiger partial charge on any atom is -0.490 e. The first-order chi connectivity index (χ1) is 14.9. The number of ether oxygens (including phenoxy) is 3. The number of anilines is 1. The van der Waals surface area contributed by atoms with Crippen LogP contribution in [0.1, 0.15) is 43.4 Å². The van der Waals surface area contributed by atoms with E-state index < -0.39 is 5.97 Å². The van der Waals surface area contributed by atoms with E-state index in [-0.39, 0.29) is 12.5 Å². The van der Waals surface area contributed by atoms with Crippen LogP contribution in [0.4, 0.5) is 5.69 Å². The molecule has 0 aliphatic rings. The van der Waals surface area contributed by atoms with Gasteiger partial charge in [-0.3, -0.25) is 4.79 Å². The number of amides is 1. The van der Waals surface area contributed by atoms with Gasteiger partial charge in [-0.25, -0.2) is 4.79 Å². The van der Waals surface area contributed by atoms with Gasteiger partial charge in [-0.1, -0.05) is 37.6 Å². The normalized spacial score (nSPS) is 10.7. The van der Waals surface area contributed by atoms with Gasteiger partial charge in [-0.05, 0) is 62.1 Å². The summed E-state index contributed by atoms with van der Waals surface area (Å²) in [6.45, 7) is 8.61. The zero-order chi connectivity index (χ0) is 22.6. The van der Waals surface area contributed by atoms with Crippen LogP contribution in [-0.2, 0) is 14.3 Å². The van der Waals surface area contributed by atoms with Crippen LogP contribution in [0.2, 0.25) is 0 Å². The van der Waals surface area contributed by atoms with Crippen LogP contribution >= 0.6 is 0 Å². The minimum atomic E-state index is -0.599. The summed E-state index contributed by atoms with van der Waals surface area (Å²) in [4.78, 5) is 24.1. The summed E-state index contributed by atoms with van der Waals surface area (Å²) in [6, 6.07) is 11.2. The fraction of sp³-hybridized carbons (Fsp3) is 0.360. The highest BCUT2D eigenvalue weighted by Crippen LogP contribution is 2.29. The zero-order valence-electron chi connectivity index (χ0n) is 18.7. The number of carbonyl (C=O) groups excluding carboxylic acids is 2. The van der Waals surface area contributed by atoms with Crippen LogP contribution in [0.15, 0.2) is 42.5 Å². The third-order valence-electron chi connectivity index (χ3n) is 4.53. The summed E-state index contributed by atoms with van der Waals surface area (Å²) in [7, 11) is 0. The summed E-state index contributed by atoms with van der Waals surface area (Å²) >= 11 is 0. The van der Waals surface area contributed by atoms with E-state index in [0.29, 0.717) is 24.7 Å². The van der Waals surface area contributed by atoms with Crippen LogP contribution in [-0.4, -0.2) is 31.7 Å². The van der Waals surface area contributed by atoms with E-state index in [1.165, 1.54) is 6.08 Å². The second-order valence-electron chi connectivity index (χ2n) is 7.10. The van der Waals surface area contributed by atoms with Gasteiger partial charge in [0.05, 0.1) is 13.2 Å². The second-order valence-corrected chi connectivity index (χ2v) is 7.10. The predicted octanol–water partition coefficient (Wildman–Crippen LogP) is 5.08. The monoisotopic (exact) mass is 425 g/mol. The van der Waals surface area contributed by atoms with E-state index in [9.17, 15) is 9.59 Å². The summed E-state index contributed by atoms with van der Waals surface area (Å²) in [5.41, 5.74) is 3.41. The molecule has 0 aromatic heterocycles. The molecule has 0 atom stereocenters. The van der Waals surface area contributed by atoms with Gasteiger partial charge in [0.1, 0.15) is 0 Å². The smallest absolute Gasteiger partial charge is 0.331 e. The lowest BCUT2D eigenvalue weighted by molar-refractivity contribution is -0.142. The van der Waals surface area contributed by atoms with Crippen LogP contribution in [0.25, 0.3) is 6.08 Å². The van der Waals surface area contributed by atoms with Gasteiger partial charge < -0.3 is 19.5 Å². The van der Waals surface area contributed by atoms with Crippen LogP contribution in [0.5, 0.6) is 11.5 Å². The fourth-order valence-corrected chi connectivity index (χ4v) is 2.88. The second kappa shape index (κ2) is 12.4.